The van der Waals surface area contributed by atoms with Crippen LogP contribution in [-0.2, 0) is 16.2 Å². The number of aromatic nitrogens is 3. The van der Waals surface area contributed by atoms with Crippen LogP contribution < -0.4 is 4.74 Å². The first kappa shape index (κ1) is 30.1. The average Bonchev–Trinajstić information content (AvgIpc) is 3.75. The molecule has 8 aliphatic carbocycles. The second-order valence-electron chi connectivity index (χ2n) is 19.5. The Morgan fingerprint density at radius 1 is 0.585 bits per heavy atom. The van der Waals surface area contributed by atoms with Crippen molar-refractivity contribution in [1.29, 1.82) is 0 Å². The van der Waals surface area contributed by atoms with Gasteiger partial charge in [-0.3, -0.25) is 0 Å². The van der Waals surface area contributed by atoms with Crippen molar-refractivity contribution in [3.8, 4) is 34.0 Å². The predicted molar refractivity (Wildman–Crippen MR) is 207 cm³/mol. The molecule has 4 unspecified atom stereocenters. The Balaban J connectivity index is 1.03. The molecular weight excluding hydrogens is 647 g/mol. The van der Waals surface area contributed by atoms with Crippen molar-refractivity contribution in [1.82, 2.24) is 15.0 Å². The van der Waals surface area contributed by atoms with Crippen LogP contribution >= 0.6 is 0 Å². The van der Waals surface area contributed by atoms with Crippen molar-refractivity contribution in [3.63, 3.8) is 0 Å². The predicted octanol–water partition coefficient (Wildman–Crippen LogP) is 11.2. The molecule has 0 amide bonds. The highest BCUT2D eigenvalue weighted by atomic mass is 16.5. The highest BCUT2D eigenvalue weighted by Crippen LogP contribution is 2.84. The zero-order valence-electron chi connectivity index (χ0n) is 30.9. The van der Waals surface area contributed by atoms with Crippen LogP contribution in [0.25, 0.3) is 22.5 Å². The zero-order chi connectivity index (χ0) is 34.9. The Morgan fingerprint density at radius 3 is 1.96 bits per heavy atom. The molecule has 0 N–H and O–H groups in total. The van der Waals surface area contributed by atoms with Gasteiger partial charge in [0.05, 0.1) is 5.41 Å². The maximum Gasteiger partial charge on any atom is 0.163 e. The number of benzene rings is 4. The first-order valence-electron chi connectivity index (χ1n) is 20.8. The molecule has 0 saturated heterocycles. The van der Waals surface area contributed by atoms with Crippen LogP contribution in [0.2, 0.25) is 0 Å². The molecule has 4 heteroatoms. The van der Waals surface area contributed by atoms with Crippen molar-refractivity contribution in [3.05, 3.63) is 125 Å². The van der Waals surface area contributed by atoms with Crippen LogP contribution in [-0.4, -0.2) is 15.0 Å². The minimum absolute atomic E-state index is 0.0404. The fourth-order valence-corrected chi connectivity index (χ4v) is 14.9. The molecule has 7 saturated carbocycles. The Hall–Kier alpha value is -4.31. The maximum atomic E-state index is 6.64. The fourth-order valence-electron chi connectivity index (χ4n) is 14.9. The molecule has 1 aliphatic heterocycles. The Morgan fingerprint density at radius 2 is 1.25 bits per heavy atom. The van der Waals surface area contributed by atoms with Gasteiger partial charge in [-0.05, 0) is 146 Å². The number of hydrogen-bond donors (Lipinski definition) is 0. The number of fused-ring (bicyclic) bond motifs is 14. The van der Waals surface area contributed by atoms with Crippen molar-refractivity contribution in [2.45, 2.75) is 94.3 Å². The topological polar surface area (TPSA) is 47.9 Å². The van der Waals surface area contributed by atoms with Gasteiger partial charge in [-0.15, -0.1) is 0 Å². The van der Waals surface area contributed by atoms with Crippen molar-refractivity contribution in [2.75, 3.05) is 0 Å². The lowest BCUT2D eigenvalue weighted by molar-refractivity contribution is -0.175. The summed E-state index contributed by atoms with van der Waals surface area (Å²) < 4.78 is 6.64. The molecule has 7 atom stereocenters. The minimum atomic E-state index is -0.504. The monoisotopic (exact) mass is 693 g/mol. The molecule has 7 fully saturated rings. The molecule has 9 aliphatic rings. The quantitative estimate of drug-likeness (QED) is 0.185. The molecule has 4 bridgehead atoms. The summed E-state index contributed by atoms with van der Waals surface area (Å²) in [6.07, 6.45) is 13.3. The summed E-state index contributed by atoms with van der Waals surface area (Å²) in [5.41, 5.74) is 8.89. The molecule has 4 aromatic carbocycles. The normalized spacial score (nSPS) is 36.6. The lowest BCUT2D eigenvalue weighted by Crippen LogP contribution is -2.59. The lowest BCUT2D eigenvalue weighted by atomic mass is 9.38. The van der Waals surface area contributed by atoms with E-state index in [1.54, 1.807) is 0 Å². The van der Waals surface area contributed by atoms with Gasteiger partial charge < -0.3 is 4.74 Å². The fraction of sp³-hybridized carbons (Fsp3) is 0.449. The van der Waals surface area contributed by atoms with Crippen LogP contribution in [0.4, 0.5) is 0 Å². The van der Waals surface area contributed by atoms with Gasteiger partial charge >= 0.3 is 0 Å². The van der Waals surface area contributed by atoms with Gasteiger partial charge in [0.25, 0.3) is 0 Å². The molecule has 5 aromatic rings. The maximum absolute atomic E-state index is 6.64. The highest BCUT2D eigenvalue weighted by Gasteiger charge is 2.78. The van der Waals surface area contributed by atoms with E-state index >= 15 is 0 Å². The molecule has 1 aromatic heterocycles. The van der Waals surface area contributed by atoms with Gasteiger partial charge in [-0.2, -0.15) is 0 Å². The molecule has 4 nitrogen and oxygen atoms in total. The van der Waals surface area contributed by atoms with Crippen molar-refractivity contribution in [2.24, 2.45) is 40.9 Å². The average molecular weight is 694 g/mol. The van der Waals surface area contributed by atoms with Crippen molar-refractivity contribution < 1.29 is 4.74 Å². The largest absolute Gasteiger partial charge is 0.457 e. The zero-order valence-corrected chi connectivity index (χ0v) is 30.9. The second kappa shape index (κ2) is 9.86. The van der Waals surface area contributed by atoms with E-state index in [2.05, 4.69) is 105 Å². The number of nitrogens with zero attached hydrogens (tertiary/aromatic N) is 3. The second-order valence-corrected chi connectivity index (χ2v) is 19.5. The van der Waals surface area contributed by atoms with Gasteiger partial charge in [-0.1, -0.05) is 86.6 Å². The molecular formula is C49H47N3O. The Bertz CT molecular complexity index is 2340. The van der Waals surface area contributed by atoms with Gasteiger partial charge in [-0.25, -0.2) is 15.0 Å². The third kappa shape index (κ3) is 3.63. The van der Waals surface area contributed by atoms with E-state index in [9.17, 15) is 0 Å². The lowest BCUT2D eigenvalue weighted by Gasteiger charge is -2.66. The van der Waals surface area contributed by atoms with Gasteiger partial charge in [0.1, 0.15) is 23.1 Å². The summed E-state index contributed by atoms with van der Waals surface area (Å²) in [6, 6.07) is 33.5. The smallest absolute Gasteiger partial charge is 0.163 e. The number of ether oxygens (including phenoxy) is 1. The number of rotatable bonds is 3. The molecule has 2 heterocycles. The molecule has 2 spiro atoms. The molecule has 0 radical (unpaired) electrons. The first-order valence-corrected chi connectivity index (χ1v) is 20.8. The van der Waals surface area contributed by atoms with E-state index < -0.39 is 5.41 Å². The van der Waals surface area contributed by atoms with E-state index in [0.29, 0.717) is 11.3 Å². The SMILES string of the molecule is C[C@H]1CC2CC(C2)CC(C)(c2nc(-c3ccc4c(c3)C3(c5ccccc5Oc5ccccc53)c3ccccc3-4)nc(C34CC5CC6C[C@@H](C3)[C@]65C4)n2)C1. The van der Waals surface area contributed by atoms with Gasteiger partial charge in [0.15, 0.2) is 5.82 Å². The summed E-state index contributed by atoms with van der Waals surface area (Å²) in [6.45, 7) is 5.00. The van der Waals surface area contributed by atoms with E-state index in [0.717, 1.165) is 64.1 Å². The Labute approximate surface area is 312 Å². The first-order chi connectivity index (χ1) is 25.9. The van der Waals surface area contributed by atoms with E-state index in [1.807, 2.05) is 0 Å². The molecule has 14 rings (SSSR count). The number of para-hydroxylation sites is 2. The van der Waals surface area contributed by atoms with Crippen LogP contribution in [0.5, 0.6) is 11.5 Å². The van der Waals surface area contributed by atoms with Crippen LogP contribution in [0.3, 0.4) is 0 Å². The summed E-state index contributed by atoms with van der Waals surface area (Å²) >= 11 is 0. The standard InChI is InChI=1S/C49H47N3O/c1-28-17-29-18-30(19-29)24-46(2,23-28)44-50-43(51-45(52-44)47-25-33-21-32-22-34(26-47)48(32,33)27-47)31-15-16-36-35-9-3-4-10-37(35)49(40(36)20-31)38-11-5-7-13-41(38)53-42-14-8-6-12-39(42)49/h3-16,20,28-30,32-34H,17-19,21-27H2,1-2H3/t28-,29?,30?,32?,33-,34?,46?,47?,48-/m0/s1. The summed E-state index contributed by atoms with van der Waals surface area (Å²) in [5.74, 6) is 10.1. The van der Waals surface area contributed by atoms with E-state index in [4.69, 9.17) is 19.7 Å². The highest BCUT2D eigenvalue weighted by molar-refractivity contribution is 5.89. The summed E-state index contributed by atoms with van der Waals surface area (Å²) in [4.78, 5) is 17.0. The number of hydrogen-bond acceptors (Lipinski definition) is 4. The summed E-state index contributed by atoms with van der Waals surface area (Å²) in [5, 5.41) is 0. The van der Waals surface area contributed by atoms with Crippen LogP contribution in [0.15, 0.2) is 91.0 Å². The van der Waals surface area contributed by atoms with Gasteiger partial charge in [0.2, 0.25) is 0 Å². The van der Waals surface area contributed by atoms with Gasteiger partial charge in [0, 0.05) is 27.5 Å². The third-order valence-electron chi connectivity index (χ3n) is 16.7. The van der Waals surface area contributed by atoms with Crippen LogP contribution in [0, 0.1) is 40.9 Å². The van der Waals surface area contributed by atoms with E-state index in [-0.39, 0.29) is 10.8 Å². The van der Waals surface area contributed by atoms with Crippen molar-refractivity contribution >= 4 is 0 Å². The Kier molecular flexibility index (Phi) is 5.59. The molecule has 264 valence electrons. The van der Waals surface area contributed by atoms with Crippen LogP contribution in [0.1, 0.15) is 112 Å². The summed E-state index contributed by atoms with van der Waals surface area (Å²) in [7, 11) is 0. The van der Waals surface area contributed by atoms with E-state index in [1.165, 1.54) is 97.6 Å². The third-order valence-corrected chi connectivity index (χ3v) is 16.7. The molecule has 53 heavy (non-hydrogen) atoms. The minimum Gasteiger partial charge on any atom is -0.457 e.